The van der Waals surface area contributed by atoms with E-state index < -0.39 is 21.7 Å². The van der Waals surface area contributed by atoms with Gasteiger partial charge in [-0.1, -0.05) is 35.9 Å². The molecule has 0 saturated heterocycles. The van der Waals surface area contributed by atoms with E-state index in [1.54, 1.807) is 12.1 Å². The van der Waals surface area contributed by atoms with Gasteiger partial charge in [0.1, 0.15) is 17.2 Å². The van der Waals surface area contributed by atoms with Crippen LogP contribution in [0.25, 0.3) is 33.4 Å². The summed E-state index contributed by atoms with van der Waals surface area (Å²) in [5, 5.41) is 3.77. The second-order valence-corrected chi connectivity index (χ2v) is 12.5. The third kappa shape index (κ3) is 4.84. The highest BCUT2D eigenvalue weighted by Crippen LogP contribution is 2.42. The molecule has 42 heavy (non-hydrogen) atoms. The molecule has 6 rings (SSSR count). The molecule has 5 aromatic rings. The molecule has 0 spiro atoms. The molecule has 0 atom stereocenters. The summed E-state index contributed by atoms with van der Waals surface area (Å²) in [6.45, 7) is 0.520. The Kier molecular flexibility index (Phi) is 6.87. The van der Waals surface area contributed by atoms with Crippen molar-refractivity contribution >= 4 is 49.9 Å². The Bertz CT molecular complexity index is 2020. The highest BCUT2D eigenvalue weighted by molar-refractivity contribution is 7.92. The van der Waals surface area contributed by atoms with Crippen molar-refractivity contribution in [3.05, 3.63) is 112 Å². The van der Waals surface area contributed by atoms with Crippen LogP contribution in [-0.4, -0.2) is 40.4 Å². The fourth-order valence-electron chi connectivity index (χ4n) is 5.16. The number of hydrogen-bond acceptors (Lipinski definition) is 5. The molecule has 1 aromatic heterocycles. The number of nitrogens with zero attached hydrogens (tertiary/aromatic N) is 2. The van der Waals surface area contributed by atoms with Gasteiger partial charge in [-0.05, 0) is 59.7 Å². The van der Waals surface area contributed by atoms with Gasteiger partial charge in [0.2, 0.25) is 10.0 Å². The van der Waals surface area contributed by atoms with Gasteiger partial charge < -0.3 is 9.73 Å². The van der Waals surface area contributed by atoms with Crippen LogP contribution in [-0.2, 0) is 16.6 Å². The lowest BCUT2D eigenvalue weighted by molar-refractivity contribution is 0.0964. The minimum absolute atomic E-state index is 0.251. The van der Waals surface area contributed by atoms with E-state index in [-0.39, 0.29) is 11.3 Å². The van der Waals surface area contributed by atoms with E-state index >= 15 is 0 Å². The number of aliphatic imine (C=N–C) groups is 1. The molecule has 0 radical (unpaired) electrons. The molecular weight excluding hydrogens is 577 g/mol. The monoisotopic (exact) mass is 601 g/mol. The average Bonchev–Trinajstić information content (AvgIpc) is 3.57. The molecular formula is C32H25ClFN3O4S. The number of nitrogens with one attached hydrogen (secondary N) is 1. The molecule has 7 nitrogen and oxygen atoms in total. The van der Waals surface area contributed by atoms with Gasteiger partial charge in [0.15, 0.2) is 0 Å². The minimum atomic E-state index is -3.67. The summed E-state index contributed by atoms with van der Waals surface area (Å²) in [6, 6.07) is 22.3. The number of hydrogen-bond donors (Lipinski definition) is 1. The zero-order chi connectivity index (χ0) is 29.8. The van der Waals surface area contributed by atoms with E-state index in [2.05, 4.69) is 5.32 Å². The number of halogens is 2. The Morgan fingerprint density at radius 1 is 0.952 bits per heavy atom. The molecule has 0 unspecified atom stereocenters. The topological polar surface area (TPSA) is 92.0 Å². The van der Waals surface area contributed by atoms with Crippen molar-refractivity contribution in [1.29, 1.82) is 0 Å². The predicted molar refractivity (Wildman–Crippen MR) is 164 cm³/mol. The molecule has 1 aliphatic heterocycles. The van der Waals surface area contributed by atoms with Gasteiger partial charge in [0.25, 0.3) is 5.91 Å². The van der Waals surface area contributed by atoms with Crippen LogP contribution >= 0.6 is 11.6 Å². The Balaban J connectivity index is 1.60. The maximum absolute atomic E-state index is 13.7. The fourth-order valence-corrected chi connectivity index (χ4v) is 5.80. The molecule has 0 fully saturated rings. The van der Waals surface area contributed by atoms with Crippen molar-refractivity contribution in [3.63, 3.8) is 0 Å². The number of carbonyl (C=O) groups excluding carboxylic acids is 1. The van der Waals surface area contributed by atoms with Crippen molar-refractivity contribution in [2.45, 2.75) is 6.54 Å². The van der Waals surface area contributed by atoms with Crippen LogP contribution in [0.3, 0.4) is 0 Å². The van der Waals surface area contributed by atoms with E-state index in [0.717, 1.165) is 34.2 Å². The predicted octanol–water partition coefficient (Wildman–Crippen LogP) is 6.67. The zero-order valence-corrected chi connectivity index (χ0v) is 24.5. The van der Waals surface area contributed by atoms with Crippen molar-refractivity contribution in [3.8, 4) is 22.5 Å². The van der Waals surface area contributed by atoms with Crippen molar-refractivity contribution in [2.24, 2.45) is 4.99 Å². The van der Waals surface area contributed by atoms with Crippen molar-refractivity contribution in [1.82, 2.24) is 5.32 Å². The van der Waals surface area contributed by atoms with Crippen LogP contribution in [0.2, 0.25) is 5.02 Å². The van der Waals surface area contributed by atoms with Crippen LogP contribution in [0.5, 0.6) is 0 Å². The SMILES string of the molecule is CNC(=O)c1c(-c2ccc(F)cc2)oc2cc(N(C)S(C)(=O)=O)c(-c3ccc4c(c3)C(c3ccc(Cl)cc3)=NC4)cc12. The fraction of sp³-hybridized carbons (Fsp3) is 0.125. The Labute approximate surface area is 247 Å². The van der Waals surface area contributed by atoms with Gasteiger partial charge in [-0.25, -0.2) is 12.8 Å². The molecule has 10 heteroatoms. The summed E-state index contributed by atoms with van der Waals surface area (Å²) in [5.74, 6) is -0.566. The van der Waals surface area contributed by atoms with Crippen LogP contribution < -0.4 is 9.62 Å². The minimum Gasteiger partial charge on any atom is -0.455 e. The van der Waals surface area contributed by atoms with Gasteiger partial charge in [-0.3, -0.25) is 14.1 Å². The maximum atomic E-state index is 13.7. The number of benzene rings is 4. The van der Waals surface area contributed by atoms with Crippen molar-refractivity contribution < 1.29 is 22.0 Å². The smallest absolute Gasteiger partial charge is 0.255 e. The maximum Gasteiger partial charge on any atom is 0.255 e. The first-order valence-corrected chi connectivity index (χ1v) is 15.2. The molecule has 2 heterocycles. The lowest BCUT2D eigenvalue weighted by Crippen LogP contribution is -2.25. The molecule has 0 saturated carbocycles. The standard InChI is InChI=1S/C32H25ClFN3O4S/c1-35-32(38)29-26-15-24(20-4-5-21-17-36-30(25(21)14-20)18-6-10-22(33)11-7-18)27(37(2)42(3,39)40)16-28(26)41-31(29)19-8-12-23(34)13-9-19/h4-16H,17H2,1-3H3,(H,35,38). The van der Waals surface area contributed by atoms with Gasteiger partial charge in [-0.2, -0.15) is 0 Å². The Morgan fingerprint density at radius 2 is 1.62 bits per heavy atom. The first-order valence-electron chi connectivity index (χ1n) is 13.0. The van der Waals surface area contributed by atoms with Gasteiger partial charge in [-0.15, -0.1) is 0 Å². The second-order valence-electron chi connectivity index (χ2n) is 10.0. The summed E-state index contributed by atoms with van der Waals surface area (Å²) < 4.78 is 46.5. The van der Waals surface area contributed by atoms with Crippen LogP contribution in [0.15, 0.2) is 88.3 Å². The Hall–Kier alpha value is -4.47. The highest BCUT2D eigenvalue weighted by Gasteiger charge is 2.27. The highest BCUT2D eigenvalue weighted by atomic mass is 35.5. The van der Waals surface area contributed by atoms with E-state index in [1.165, 1.54) is 42.7 Å². The number of sulfonamides is 1. The lowest BCUT2D eigenvalue weighted by atomic mass is 9.93. The van der Waals surface area contributed by atoms with Crippen LogP contribution in [0.4, 0.5) is 10.1 Å². The zero-order valence-electron chi connectivity index (χ0n) is 22.9. The molecule has 1 amide bonds. The number of fused-ring (bicyclic) bond motifs is 2. The lowest BCUT2D eigenvalue weighted by Gasteiger charge is -2.21. The van der Waals surface area contributed by atoms with Gasteiger partial charge in [0, 0.05) is 52.8 Å². The molecule has 212 valence electrons. The number of rotatable bonds is 6. The molecule has 1 N–H and O–H groups in total. The van der Waals surface area contributed by atoms with Crippen LogP contribution in [0, 0.1) is 5.82 Å². The van der Waals surface area contributed by atoms with Crippen molar-refractivity contribution in [2.75, 3.05) is 24.7 Å². The van der Waals surface area contributed by atoms with Gasteiger partial charge in [0.05, 0.1) is 29.8 Å². The molecule has 0 bridgehead atoms. The Morgan fingerprint density at radius 3 is 2.29 bits per heavy atom. The first kappa shape index (κ1) is 27.7. The van der Waals surface area contributed by atoms with E-state index in [4.69, 9.17) is 21.0 Å². The van der Waals surface area contributed by atoms with E-state index in [1.807, 2.05) is 42.5 Å². The van der Waals surface area contributed by atoms with E-state index in [9.17, 15) is 17.6 Å². The number of carbonyl (C=O) groups is 1. The first-order chi connectivity index (χ1) is 20.0. The third-order valence-electron chi connectivity index (χ3n) is 7.40. The average molecular weight is 602 g/mol. The number of anilines is 1. The summed E-state index contributed by atoms with van der Waals surface area (Å²) >= 11 is 6.10. The van der Waals surface area contributed by atoms with Crippen LogP contribution in [0.1, 0.15) is 27.0 Å². The van der Waals surface area contributed by atoms with Gasteiger partial charge >= 0.3 is 0 Å². The molecule has 4 aromatic carbocycles. The quantitative estimate of drug-likeness (QED) is 0.235. The molecule has 0 aliphatic carbocycles. The largest absolute Gasteiger partial charge is 0.455 e. The summed E-state index contributed by atoms with van der Waals surface area (Å²) in [7, 11) is -0.687. The molecule has 1 aliphatic rings. The summed E-state index contributed by atoms with van der Waals surface area (Å²) in [6.07, 6.45) is 1.12. The second kappa shape index (κ2) is 10.4. The number of amides is 1. The van der Waals surface area contributed by atoms with E-state index in [0.29, 0.717) is 39.4 Å². The number of furan rings is 1. The summed E-state index contributed by atoms with van der Waals surface area (Å²) in [5.41, 5.74) is 6.46. The summed E-state index contributed by atoms with van der Waals surface area (Å²) in [4.78, 5) is 17.9. The normalized spacial score (nSPS) is 12.7. The third-order valence-corrected chi connectivity index (χ3v) is 8.85.